The predicted molar refractivity (Wildman–Crippen MR) is 52.7 cm³/mol. The summed E-state index contributed by atoms with van der Waals surface area (Å²) in [6, 6.07) is 0. The summed E-state index contributed by atoms with van der Waals surface area (Å²) in [5, 5.41) is 3.82. The summed E-state index contributed by atoms with van der Waals surface area (Å²) in [5.74, 6) is 0.393. The van der Waals surface area contributed by atoms with Gasteiger partial charge in [0.25, 0.3) is 0 Å². The van der Waals surface area contributed by atoms with E-state index in [9.17, 15) is 4.79 Å². The zero-order valence-corrected chi connectivity index (χ0v) is 8.52. The monoisotopic (exact) mass is 223 g/mol. The highest BCUT2D eigenvalue weighted by atomic mass is 35.5. The van der Waals surface area contributed by atoms with Crippen molar-refractivity contribution in [3.8, 4) is 11.4 Å². The number of carbonyl (C=O) groups excluding carboxylic acids is 1. The van der Waals surface area contributed by atoms with Crippen molar-refractivity contribution in [1.82, 2.24) is 15.1 Å². The van der Waals surface area contributed by atoms with E-state index in [1.165, 1.54) is 12.5 Å². The Kier molecular flexibility index (Phi) is 2.47. The topological polar surface area (TPSA) is 68.9 Å². The molecule has 6 heteroatoms. The molecular weight excluding hydrogens is 218 g/mol. The van der Waals surface area contributed by atoms with Gasteiger partial charge in [-0.1, -0.05) is 16.8 Å². The van der Waals surface area contributed by atoms with Crippen LogP contribution in [0, 0.1) is 6.92 Å². The van der Waals surface area contributed by atoms with Gasteiger partial charge in [0.1, 0.15) is 11.4 Å². The second-order valence-electron chi connectivity index (χ2n) is 2.87. The molecule has 2 aromatic heterocycles. The van der Waals surface area contributed by atoms with Crippen molar-refractivity contribution < 1.29 is 9.32 Å². The maximum Gasteiger partial charge on any atom is 0.166 e. The minimum absolute atomic E-state index is 0.121. The first-order valence-electron chi connectivity index (χ1n) is 4.11. The second-order valence-corrected chi connectivity index (χ2v) is 3.23. The van der Waals surface area contributed by atoms with Crippen LogP contribution in [0.3, 0.4) is 0 Å². The molecule has 0 aliphatic carbocycles. The zero-order valence-electron chi connectivity index (χ0n) is 7.77. The fourth-order valence-corrected chi connectivity index (χ4v) is 1.26. The van der Waals surface area contributed by atoms with Crippen LogP contribution >= 0.6 is 11.6 Å². The molecule has 0 atom stereocenters. The fourth-order valence-electron chi connectivity index (χ4n) is 1.09. The lowest BCUT2D eigenvalue weighted by Gasteiger charge is -1.98. The first-order valence-corrected chi connectivity index (χ1v) is 4.49. The van der Waals surface area contributed by atoms with Gasteiger partial charge >= 0.3 is 0 Å². The van der Waals surface area contributed by atoms with Gasteiger partial charge in [-0.3, -0.25) is 4.79 Å². The molecule has 0 unspecified atom stereocenters. The number of halogens is 1. The van der Waals surface area contributed by atoms with Crippen molar-refractivity contribution >= 4 is 17.9 Å². The van der Waals surface area contributed by atoms with Crippen LogP contribution in [0.25, 0.3) is 11.4 Å². The number of aromatic nitrogens is 3. The quantitative estimate of drug-likeness (QED) is 0.575. The van der Waals surface area contributed by atoms with Crippen molar-refractivity contribution in [2.45, 2.75) is 6.92 Å². The minimum Gasteiger partial charge on any atom is -0.364 e. The highest BCUT2D eigenvalue weighted by Crippen LogP contribution is 2.20. The molecule has 0 fully saturated rings. The molecule has 0 radical (unpaired) electrons. The van der Waals surface area contributed by atoms with Crippen molar-refractivity contribution in [3.63, 3.8) is 0 Å². The van der Waals surface area contributed by atoms with Gasteiger partial charge in [-0.15, -0.1) is 0 Å². The van der Waals surface area contributed by atoms with Gasteiger partial charge in [0.15, 0.2) is 12.1 Å². The molecule has 0 aliphatic rings. The SMILES string of the molecule is Cc1nocc1-c1ncc(C=O)c(Cl)n1. The lowest BCUT2D eigenvalue weighted by atomic mass is 10.2. The molecule has 2 heterocycles. The molecule has 76 valence electrons. The van der Waals surface area contributed by atoms with Crippen LogP contribution in [-0.2, 0) is 0 Å². The van der Waals surface area contributed by atoms with E-state index in [-0.39, 0.29) is 10.7 Å². The van der Waals surface area contributed by atoms with Crippen LogP contribution in [0.2, 0.25) is 5.15 Å². The van der Waals surface area contributed by atoms with Crippen molar-refractivity contribution in [2.75, 3.05) is 0 Å². The Morgan fingerprint density at radius 3 is 2.87 bits per heavy atom. The Balaban J connectivity index is 2.52. The molecule has 0 saturated carbocycles. The van der Waals surface area contributed by atoms with E-state index in [0.29, 0.717) is 23.4 Å². The molecule has 0 saturated heterocycles. The van der Waals surface area contributed by atoms with Crippen molar-refractivity contribution in [3.05, 3.63) is 28.9 Å². The lowest BCUT2D eigenvalue weighted by Crippen LogP contribution is -1.94. The van der Waals surface area contributed by atoms with E-state index in [2.05, 4.69) is 15.1 Å². The summed E-state index contributed by atoms with van der Waals surface area (Å²) in [7, 11) is 0. The van der Waals surface area contributed by atoms with Crippen molar-refractivity contribution in [1.29, 1.82) is 0 Å². The van der Waals surface area contributed by atoms with E-state index in [1.807, 2.05) is 0 Å². The molecule has 2 rings (SSSR count). The van der Waals surface area contributed by atoms with Crippen LogP contribution in [-0.4, -0.2) is 21.4 Å². The van der Waals surface area contributed by atoms with Crippen LogP contribution < -0.4 is 0 Å². The Hall–Kier alpha value is -1.75. The van der Waals surface area contributed by atoms with Crippen LogP contribution in [0.15, 0.2) is 17.0 Å². The second kappa shape index (κ2) is 3.78. The standard InChI is InChI=1S/C9H6ClN3O2/c1-5-7(4-15-13-5)9-11-2-6(3-14)8(10)12-9/h2-4H,1H3. The van der Waals surface area contributed by atoms with Gasteiger partial charge in [-0.05, 0) is 6.92 Å². The number of hydrogen-bond acceptors (Lipinski definition) is 5. The van der Waals surface area contributed by atoms with Gasteiger partial charge in [-0.2, -0.15) is 0 Å². The van der Waals surface area contributed by atoms with E-state index < -0.39 is 0 Å². The maximum absolute atomic E-state index is 10.5. The van der Waals surface area contributed by atoms with E-state index in [4.69, 9.17) is 16.1 Å². The molecule has 0 aromatic carbocycles. The third-order valence-corrected chi connectivity index (χ3v) is 2.19. The molecular formula is C9H6ClN3O2. The summed E-state index contributed by atoms with van der Waals surface area (Å²) in [4.78, 5) is 18.5. The Bertz CT molecular complexity index is 510. The van der Waals surface area contributed by atoms with Crippen LogP contribution in [0.4, 0.5) is 0 Å². The Morgan fingerprint density at radius 1 is 1.53 bits per heavy atom. The van der Waals surface area contributed by atoms with Gasteiger partial charge in [0.2, 0.25) is 0 Å². The minimum atomic E-state index is 0.121. The molecule has 0 aliphatic heterocycles. The summed E-state index contributed by atoms with van der Waals surface area (Å²) in [6.07, 6.45) is 3.40. The highest BCUT2D eigenvalue weighted by molar-refractivity contribution is 6.31. The molecule has 15 heavy (non-hydrogen) atoms. The van der Waals surface area contributed by atoms with Gasteiger partial charge in [0.05, 0.1) is 16.8 Å². The highest BCUT2D eigenvalue weighted by Gasteiger charge is 2.11. The number of rotatable bonds is 2. The zero-order chi connectivity index (χ0) is 10.8. The van der Waals surface area contributed by atoms with E-state index in [1.54, 1.807) is 6.92 Å². The summed E-state index contributed by atoms with van der Waals surface area (Å²) >= 11 is 5.77. The third-order valence-electron chi connectivity index (χ3n) is 1.89. The molecule has 0 amide bonds. The average Bonchev–Trinajstić information content (AvgIpc) is 2.64. The lowest BCUT2D eigenvalue weighted by molar-refractivity contribution is 0.112. The Labute approximate surface area is 90.1 Å². The summed E-state index contributed by atoms with van der Waals surface area (Å²) in [5.41, 5.74) is 1.59. The molecule has 0 bridgehead atoms. The Morgan fingerprint density at radius 2 is 2.33 bits per heavy atom. The maximum atomic E-state index is 10.5. The first-order chi connectivity index (χ1) is 7.22. The fraction of sp³-hybridized carbons (Fsp3) is 0.111. The van der Waals surface area contributed by atoms with E-state index in [0.717, 1.165) is 0 Å². The van der Waals surface area contributed by atoms with Crippen molar-refractivity contribution in [2.24, 2.45) is 0 Å². The molecule has 0 N–H and O–H groups in total. The number of aryl methyl sites for hydroxylation is 1. The summed E-state index contributed by atoms with van der Waals surface area (Å²) in [6.45, 7) is 1.77. The first kappa shape index (κ1) is 9.79. The average molecular weight is 224 g/mol. The summed E-state index contributed by atoms with van der Waals surface area (Å²) < 4.78 is 4.75. The van der Waals surface area contributed by atoms with Gasteiger partial charge in [-0.25, -0.2) is 9.97 Å². The van der Waals surface area contributed by atoms with Crippen LogP contribution in [0.1, 0.15) is 16.1 Å². The largest absolute Gasteiger partial charge is 0.364 e. The normalized spacial score (nSPS) is 10.3. The number of aldehydes is 1. The van der Waals surface area contributed by atoms with Crippen LogP contribution in [0.5, 0.6) is 0 Å². The molecule has 5 nitrogen and oxygen atoms in total. The van der Waals surface area contributed by atoms with E-state index >= 15 is 0 Å². The number of nitrogens with zero attached hydrogens (tertiary/aromatic N) is 3. The number of hydrogen-bond donors (Lipinski definition) is 0. The molecule has 0 spiro atoms. The van der Waals surface area contributed by atoms with Gasteiger partial charge < -0.3 is 4.52 Å². The third kappa shape index (κ3) is 1.73. The number of carbonyl (C=O) groups is 1. The predicted octanol–water partition coefficient (Wildman–Crippen LogP) is 1.91. The molecule has 2 aromatic rings. The smallest absolute Gasteiger partial charge is 0.166 e. The van der Waals surface area contributed by atoms with Gasteiger partial charge in [0, 0.05) is 6.20 Å².